The lowest BCUT2D eigenvalue weighted by atomic mass is 9.97. The second kappa shape index (κ2) is 12.1. The molecule has 4 heteroatoms. The maximum atomic E-state index is 11.9. The molecular formula is C22H40O4. The fourth-order valence-electron chi connectivity index (χ4n) is 2.23. The molecule has 0 aliphatic carbocycles. The van der Waals surface area contributed by atoms with E-state index in [2.05, 4.69) is 13.0 Å². The van der Waals surface area contributed by atoms with Gasteiger partial charge in [-0.3, -0.25) is 9.59 Å². The summed E-state index contributed by atoms with van der Waals surface area (Å²) in [5.74, 6) is -0.337. The zero-order valence-electron chi connectivity index (χ0n) is 18.1. The highest BCUT2D eigenvalue weighted by molar-refractivity contribution is 5.75. The Morgan fingerprint density at radius 3 is 1.81 bits per heavy atom. The fraction of sp³-hybridized carbons (Fsp3) is 0.818. The molecule has 0 saturated heterocycles. The van der Waals surface area contributed by atoms with Gasteiger partial charge in [-0.2, -0.15) is 0 Å². The van der Waals surface area contributed by atoms with Gasteiger partial charge in [0.1, 0.15) is 0 Å². The van der Waals surface area contributed by atoms with Gasteiger partial charge in [-0.1, -0.05) is 37.8 Å². The van der Waals surface area contributed by atoms with E-state index >= 15 is 0 Å². The van der Waals surface area contributed by atoms with Gasteiger partial charge >= 0.3 is 11.9 Å². The average molecular weight is 369 g/mol. The molecule has 0 aromatic rings. The van der Waals surface area contributed by atoms with E-state index in [0.717, 1.165) is 19.3 Å². The molecule has 0 heterocycles. The fourth-order valence-corrected chi connectivity index (χ4v) is 2.23. The molecule has 0 saturated carbocycles. The third-order valence-corrected chi connectivity index (χ3v) is 4.02. The van der Waals surface area contributed by atoms with Gasteiger partial charge in [0.25, 0.3) is 0 Å². The van der Waals surface area contributed by atoms with Crippen LogP contribution in [0.4, 0.5) is 0 Å². The van der Waals surface area contributed by atoms with E-state index in [-0.39, 0.29) is 11.9 Å². The van der Waals surface area contributed by atoms with E-state index in [0.29, 0.717) is 19.6 Å². The molecule has 0 fully saturated rings. The molecule has 0 N–H and O–H groups in total. The van der Waals surface area contributed by atoms with E-state index in [1.165, 1.54) is 24.8 Å². The summed E-state index contributed by atoms with van der Waals surface area (Å²) in [4.78, 5) is 23.7. The monoisotopic (exact) mass is 368 g/mol. The van der Waals surface area contributed by atoms with Crippen molar-refractivity contribution in [2.45, 2.75) is 93.4 Å². The highest BCUT2D eigenvalue weighted by Crippen LogP contribution is 2.19. The highest BCUT2D eigenvalue weighted by atomic mass is 16.5. The van der Waals surface area contributed by atoms with Crippen molar-refractivity contribution in [3.63, 3.8) is 0 Å². The number of rotatable bonds is 11. The second-order valence-electron chi connectivity index (χ2n) is 8.98. The third kappa shape index (κ3) is 12.1. The van der Waals surface area contributed by atoms with Crippen molar-refractivity contribution in [2.24, 2.45) is 10.8 Å². The van der Waals surface area contributed by atoms with Gasteiger partial charge in [0.05, 0.1) is 24.0 Å². The Morgan fingerprint density at radius 2 is 1.31 bits per heavy atom. The van der Waals surface area contributed by atoms with Crippen LogP contribution >= 0.6 is 0 Å². The van der Waals surface area contributed by atoms with Crippen LogP contribution in [0.2, 0.25) is 0 Å². The van der Waals surface area contributed by atoms with Crippen LogP contribution in [-0.2, 0) is 19.1 Å². The Morgan fingerprint density at radius 1 is 0.769 bits per heavy atom. The number of carbonyl (C=O) groups excluding carboxylic acids is 2. The van der Waals surface area contributed by atoms with Gasteiger partial charge in [0, 0.05) is 6.42 Å². The van der Waals surface area contributed by atoms with Crippen LogP contribution in [0.15, 0.2) is 11.6 Å². The summed E-state index contributed by atoms with van der Waals surface area (Å²) in [5, 5.41) is 0. The maximum Gasteiger partial charge on any atom is 0.311 e. The molecule has 152 valence electrons. The van der Waals surface area contributed by atoms with Crippen molar-refractivity contribution in [3.8, 4) is 0 Å². The standard InChI is InChI=1S/C22H40O4/c1-8-9-10-11-13-18(15-17-26-20(24)22(5,6)7)14-12-16-25-19(23)21(2,3)4/h14H,8-13,15-17H2,1-7H3/b18-14-. The SMILES string of the molecule is CCCCCC/C(=C/CCOC(=O)C(C)(C)C)CCOC(=O)C(C)(C)C. The number of ether oxygens (including phenoxy) is 2. The molecule has 0 aliphatic rings. The van der Waals surface area contributed by atoms with Crippen molar-refractivity contribution in [2.75, 3.05) is 13.2 Å². The normalized spacial score (nSPS) is 12.8. The zero-order chi connectivity index (χ0) is 20.2. The summed E-state index contributed by atoms with van der Waals surface area (Å²) in [6.45, 7) is 14.2. The first kappa shape index (κ1) is 24.7. The Hall–Kier alpha value is -1.32. The van der Waals surface area contributed by atoms with Crippen LogP contribution in [-0.4, -0.2) is 25.2 Å². The van der Waals surface area contributed by atoms with Gasteiger partial charge < -0.3 is 9.47 Å². The molecule has 0 atom stereocenters. The number of unbranched alkanes of at least 4 members (excludes halogenated alkanes) is 3. The Labute approximate surface area is 160 Å². The van der Waals surface area contributed by atoms with Gasteiger partial charge in [-0.25, -0.2) is 0 Å². The van der Waals surface area contributed by atoms with Crippen LogP contribution in [0, 0.1) is 10.8 Å². The first-order valence-electron chi connectivity index (χ1n) is 10.0. The zero-order valence-corrected chi connectivity index (χ0v) is 18.1. The predicted molar refractivity (Wildman–Crippen MR) is 107 cm³/mol. The minimum Gasteiger partial charge on any atom is -0.465 e. The Kier molecular flexibility index (Phi) is 11.5. The van der Waals surface area contributed by atoms with Crippen LogP contribution in [0.3, 0.4) is 0 Å². The molecular weight excluding hydrogens is 328 g/mol. The van der Waals surface area contributed by atoms with Crippen LogP contribution in [0.1, 0.15) is 93.4 Å². The van der Waals surface area contributed by atoms with Crippen LogP contribution in [0.25, 0.3) is 0 Å². The number of carbonyl (C=O) groups is 2. The van der Waals surface area contributed by atoms with Gasteiger partial charge in [-0.05, 0) is 60.8 Å². The van der Waals surface area contributed by atoms with E-state index in [9.17, 15) is 9.59 Å². The van der Waals surface area contributed by atoms with Crippen molar-refractivity contribution in [1.29, 1.82) is 0 Å². The van der Waals surface area contributed by atoms with Gasteiger partial charge in [0.15, 0.2) is 0 Å². The van der Waals surface area contributed by atoms with Crippen molar-refractivity contribution in [1.82, 2.24) is 0 Å². The lowest BCUT2D eigenvalue weighted by Gasteiger charge is -2.17. The van der Waals surface area contributed by atoms with Crippen molar-refractivity contribution >= 4 is 11.9 Å². The Bertz CT molecular complexity index is 450. The van der Waals surface area contributed by atoms with Crippen molar-refractivity contribution < 1.29 is 19.1 Å². The van der Waals surface area contributed by atoms with Gasteiger partial charge in [0.2, 0.25) is 0 Å². The third-order valence-electron chi connectivity index (χ3n) is 4.02. The number of hydrogen-bond donors (Lipinski definition) is 0. The van der Waals surface area contributed by atoms with E-state index < -0.39 is 10.8 Å². The summed E-state index contributed by atoms with van der Waals surface area (Å²) in [6.07, 6.45) is 9.44. The predicted octanol–water partition coefficient (Wildman–Crippen LogP) is 5.84. The molecule has 0 radical (unpaired) electrons. The summed E-state index contributed by atoms with van der Waals surface area (Å²) in [5.41, 5.74) is 0.356. The smallest absolute Gasteiger partial charge is 0.311 e. The summed E-state index contributed by atoms with van der Waals surface area (Å²) < 4.78 is 10.7. The molecule has 0 aliphatic heterocycles. The van der Waals surface area contributed by atoms with E-state index in [4.69, 9.17) is 9.47 Å². The maximum absolute atomic E-state index is 11.9. The quantitative estimate of drug-likeness (QED) is 0.261. The molecule has 4 nitrogen and oxygen atoms in total. The molecule has 0 aromatic heterocycles. The summed E-state index contributed by atoms with van der Waals surface area (Å²) in [6, 6.07) is 0. The minimum atomic E-state index is -0.466. The summed E-state index contributed by atoms with van der Waals surface area (Å²) in [7, 11) is 0. The largest absolute Gasteiger partial charge is 0.465 e. The topological polar surface area (TPSA) is 52.6 Å². The molecule has 0 aromatic carbocycles. The number of esters is 2. The molecule has 26 heavy (non-hydrogen) atoms. The lowest BCUT2D eigenvalue weighted by molar-refractivity contribution is -0.153. The number of hydrogen-bond acceptors (Lipinski definition) is 4. The first-order valence-corrected chi connectivity index (χ1v) is 10.0. The van der Waals surface area contributed by atoms with Crippen LogP contribution in [0.5, 0.6) is 0 Å². The van der Waals surface area contributed by atoms with E-state index in [1.54, 1.807) is 0 Å². The second-order valence-corrected chi connectivity index (χ2v) is 8.98. The molecule has 0 bridgehead atoms. The molecule has 0 unspecified atom stereocenters. The van der Waals surface area contributed by atoms with Crippen molar-refractivity contribution in [3.05, 3.63) is 11.6 Å². The summed E-state index contributed by atoms with van der Waals surface area (Å²) >= 11 is 0. The molecule has 0 rings (SSSR count). The Balaban J connectivity index is 4.44. The first-order chi connectivity index (χ1) is 12.0. The van der Waals surface area contributed by atoms with Gasteiger partial charge in [-0.15, -0.1) is 0 Å². The molecule has 0 amide bonds. The lowest BCUT2D eigenvalue weighted by Crippen LogP contribution is -2.23. The average Bonchev–Trinajstić information content (AvgIpc) is 2.52. The highest BCUT2D eigenvalue weighted by Gasteiger charge is 2.23. The van der Waals surface area contributed by atoms with E-state index in [1.807, 2.05) is 41.5 Å². The molecule has 0 spiro atoms. The van der Waals surface area contributed by atoms with Crippen LogP contribution < -0.4 is 0 Å². The minimum absolute atomic E-state index is 0.165.